The van der Waals surface area contributed by atoms with Crippen LogP contribution < -0.4 is 14.2 Å². The molecular formula is C29H32ClFO5. The standard InChI is InChI=1S/C29H32ClFO5/c1-4-21-18-26(11-6-22(21)7-15-29(32)33-5-2)34-17-16-20(3)35-27-14-8-23(30)19-28(27)36-25-12-9-24(31)10-13-25/h6,8-14,18-20H,4-5,7,15-17H2,1-3H3/t20-/m1/s1. The molecule has 3 aromatic carbocycles. The Hall–Kier alpha value is -3.25. The number of carbonyl (C=O) groups is 1. The first-order valence-corrected chi connectivity index (χ1v) is 12.6. The molecule has 7 heteroatoms. The van der Waals surface area contributed by atoms with Crippen molar-refractivity contribution in [1.82, 2.24) is 0 Å². The maximum Gasteiger partial charge on any atom is 0.306 e. The first-order valence-electron chi connectivity index (χ1n) is 12.2. The van der Waals surface area contributed by atoms with Crippen LogP contribution in [-0.4, -0.2) is 25.3 Å². The van der Waals surface area contributed by atoms with Crippen molar-refractivity contribution < 1.29 is 28.1 Å². The van der Waals surface area contributed by atoms with Gasteiger partial charge in [0, 0.05) is 23.9 Å². The van der Waals surface area contributed by atoms with Crippen LogP contribution in [0.2, 0.25) is 5.02 Å². The number of aryl methyl sites for hydroxylation is 2. The third kappa shape index (κ3) is 8.45. The average Bonchev–Trinajstić information content (AvgIpc) is 2.86. The van der Waals surface area contributed by atoms with E-state index in [0.29, 0.717) is 54.7 Å². The lowest BCUT2D eigenvalue weighted by Crippen LogP contribution is -2.16. The SMILES string of the molecule is CCOC(=O)CCc1ccc(OCC[C@@H](C)Oc2ccc(Cl)cc2Oc2ccc(F)cc2)cc1CC. The molecule has 5 nitrogen and oxygen atoms in total. The number of rotatable bonds is 13. The maximum atomic E-state index is 13.2. The fourth-order valence-electron chi connectivity index (χ4n) is 3.64. The monoisotopic (exact) mass is 514 g/mol. The van der Waals surface area contributed by atoms with Crippen LogP contribution in [0.15, 0.2) is 60.7 Å². The van der Waals surface area contributed by atoms with E-state index in [-0.39, 0.29) is 17.9 Å². The van der Waals surface area contributed by atoms with Gasteiger partial charge in [-0.15, -0.1) is 0 Å². The van der Waals surface area contributed by atoms with Crippen molar-refractivity contribution >= 4 is 17.6 Å². The number of carbonyl (C=O) groups excluding carboxylic acids is 1. The van der Waals surface area contributed by atoms with Crippen molar-refractivity contribution in [3.05, 3.63) is 82.6 Å². The van der Waals surface area contributed by atoms with E-state index in [0.717, 1.165) is 23.3 Å². The highest BCUT2D eigenvalue weighted by Gasteiger charge is 2.13. The Morgan fingerprint density at radius 1 is 0.944 bits per heavy atom. The molecule has 3 aromatic rings. The fraction of sp³-hybridized carbons (Fsp3) is 0.345. The molecule has 36 heavy (non-hydrogen) atoms. The van der Waals surface area contributed by atoms with Gasteiger partial charge in [-0.05, 0) is 86.3 Å². The zero-order chi connectivity index (χ0) is 25.9. The maximum absolute atomic E-state index is 13.2. The summed E-state index contributed by atoms with van der Waals surface area (Å²) in [5.41, 5.74) is 2.29. The number of ether oxygens (including phenoxy) is 4. The van der Waals surface area contributed by atoms with E-state index in [2.05, 4.69) is 6.92 Å². The first kappa shape index (κ1) is 27.3. The minimum atomic E-state index is -0.337. The molecule has 0 aliphatic heterocycles. The van der Waals surface area contributed by atoms with Crippen LogP contribution in [0.4, 0.5) is 4.39 Å². The quantitative estimate of drug-likeness (QED) is 0.220. The molecule has 0 aromatic heterocycles. The molecule has 192 valence electrons. The fourth-order valence-corrected chi connectivity index (χ4v) is 3.80. The summed E-state index contributed by atoms with van der Waals surface area (Å²) in [6.45, 7) is 6.71. The molecule has 0 bridgehead atoms. The molecule has 0 heterocycles. The van der Waals surface area contributed by atoms with Gasteiger partial charge in [-0.1, -0.05) is 24.6 Å². The molecule has 0 amide bonds. The van der Waals surface area contributed by atoms with Gasteiger partial charge in [-0.25, -0.2) is 4.39 Å². The van der Waals surface area contributed by atoms with Crippen LogP contribution in [0.1, 0.15) is 44.7 Å². The summed E-state index contributed by atoms with van der Waals surface area (Å²) in [5, 5.41) is 0.507. The molecule has 0 saturated heterocycles. The molecular weight excluding hydrogens is 483 g/mol. The first-order chi connectivity index (χ1) is 17.4. The van der Waals surface area contributed by atoms with Crippen molar-refractivity contribution in [2.24, 2.45) is 0 Å². The molecule has 0 radical (unpaired) electrons. The van der Waals surface area contributed by atoms with Gasteiger partial charge in [0.1, 0.15) is 17.3 Å². The van der Waals surface area contributed by atoms with Crippen LogP contribution in [0.5, 0.6) is 23.0 Å². The van der Waals surface area contributed by atoms with Crippen molar-refractivity contribution in [3.63, 3.8) is 0 Å². The summed E-state index contributed by atoms with van der Waals surface area (Å²) in [7, 11) is 0. The van der Waals surface area contributed by atoms with E-state index in [1.54, 1.807) is 30.3 Å². The Kier molecular flexibility index (Phi) is 10.4. The van der Waals surface area contributed by atoms with Gasteiger partial charge < -0.3 is 18.9 Å². The predicted molar refractivity (Wildman–Crippen MR) is 139 cm³/mol. The van der Waals surface area contributed by atoms with Gasteiger partial charge >= 0.3 is 5.97 Å². The third-order valence-electron chi connectivity index (χ3n) is 5.53. The van der Waals surface area contributed by atoms with E-state index in [1.165, 1.54) is 12.1 Å². The van der Waals surface area contributed by atoms with Crippen molar-refractivity contribution in [2.45, 2.75) is 52.6 Å². The normalized spacial score (nSPS) is 11.6. The second-order valence-corrected chi connectivity index (χ2v) is 8.74. The van der Waals surface area contributed by atoms with Crippen LogP contribution in [0.25, 0.3) is 0 Å². The van der Waals surface area contributed by atoms with Crippen molar-refractivity contribution in [1.29, 1.82) is 0 Å². The number of hydrogen-bond donors (Lipinski definition) is 0. The Morgan fingerprint density at radius 3 is 2.42 bits per heavy atom. The van der Waals surface area contributed by atoms with Crippen LogP contribution >= 0.6 is 11.6 Å². The Bertz CT molecular complexity index is 1130. The molecule has 0 fully saturated rings. The predicted octanol–water partition coefficient (Wildman–Crippen LogP) is 7.57. The van der Waals surface area contributed by atoms with Gasteiger partial charge in [0.05, 0.1) is 19.3 Å². The highest BCUT2D eigenvalue weighted by atomic mass is 35.5. The summed E-state index contributed by atoms with van der Waals surface area (Å²) in [5.74, 6) is 1.74. The summed E-state index contributed by atoms with van der Waals surface area (Å²) in [6, 6.07) is 16.9. The van der Waals surface area contributed by atoms with Crippen molar-refractivity contribution in [3.8, 4) is 23.0 Å². The van der Waals surface area contributed by atoms with Gasteiger partial charge in [-0.2, -0.15) is 0 Å². The Morgan fingerprint density at radius 2 is 1.69 bits per heavy atom. The lowest BCUT2D eigenvalue weighted by Gasteiger charge is -2.18. The molecule has 0 aliphatic carbocycles. The number of halogens is 2. The van der Waals surface area contributed by atoms with Gasteiger partial charge in [0.2, 0.25) is 0 Å². The van der Waals surface area contributed by atoms with Gasteiger partial charge in [0.15, 0.2) is 11.5 Å². The second-order valence-electron chi connectivity index (χ2n) is 8.30. The molecule has 1 atom stereocenters. The van der Waals surface area contributed by atoms with E-state index in [1.807, 2.05) is 32.0 Å². The van der Waals surface area contributed by atoms with Gasteiger partial charge in [-0.3, -0.25) is 4.79 Å². The van der Waals surface area contributed by atoms with Crippen LogP contribution in [0.3, 0.4) is 0 Å². The number of esters is 1. The smallest absolute Gasteiger partial charge is 0.306 e. The second kappa shape index (κ2) is 13.7. The molecule has 0 aliphatic rings. The number of benzene rings is 3. The minimum absolute atomic E-state index is 0.156. The van der Waals surface area contributed by atoms with Crippen LogP contribution in [0, 0.1) is 5.82 Å². The summed E-state index contributed by atoms with van der Waals surface area (Å²) < 4.78 is 36.2. The largest absolute Gasteiger partial charge is 0.493 e. The third-order valence-corrected chi connectivity index (χ3v) is 5.77. The Labute approximate surface area is 217 Å². The molecule has 0 spiro atoms. The van der Waals surface area contributed by atoms with E-state index >= 15 is 0 Å². The summed E-state index contributed by atoms with van der Waals surface area (Å²) >= 11 is 6.14. The van der Waals surface area contributed by atoms with E-state index in [9.17, 15) is 9.18 Å². The highest BCUT2D eigenvalue weighted by molar-refractivity contribution is 6.30. The van der Waals surface area contributed by atoms with Crippen molar-refractivity contribution in [2.75, 3.05) is 13.2 Å². The minimum Gasteiger partial charge on any atom is -0.493 e. The van der Waals surface area contributed by atoms with E-state index in [4.69, 9.17) is 30.5 Å². The lowest BCUT2D eigenvalue weighted by atomic mass is 10.0. The zero-order valence-electron chi connectivity index (χ0n) is 20.9. The molecule has 3 rings (SSSR count). The molecule has 0 saturated carbocycles. The summed E-state index contributed by atoms with van der Waals surface area (Å²) in [6.07, 6.45) is 2.35. The van der Waals surface area contributed by atoms with E-state index < -0.39 is 0 Å². The van der Waals surface area contributed by atoms with Crippen LogP contribution in [-0.2, 0) is 22.4 Å². The zero-order valence-corrected chi connectivity index (χ0v) is 21.6. The lowest BCUT2D eigenvalue weighted by molar-refractivity contribution is -0.143. The number of hydrogen-bond acceptors (Lipinski definition) is 5. The summed E-state index contributed by atoms with van der Waals surface area (Å²) in [4.78, 5) is 11.7. The molecule has 0 unspecified atom stereocenters. The Balaban J connectivity index is 1.54. The molecule has 0 N–H and O–H groups in total. The topological polar surface area (TPSA) is 54.0 Å². The van der Waals surface area contributed by atoms with Gasteiger partial charge in [0.25, 0.3) is 0 Å². The average molecular weight is 515 g/mol. The highest BCUT2D eigenvalue weighted by Crippen LogP contribution is 2.35.